The molecule has 6 saturated heterocycles. The highest BCUT2D eigenvalue weighted by molar-refractivity contribution is 5.79. The van der Waals surface area contributed by atoms with Crippen molar-refractivity contribution in [2.24, 2.45) is 50.2 Å². The summed E-state index contributed by atoms with van der Waals surface area (Å²) in [7, 11) is 0. The van der Waals surface area contributed by atoms with Crippen molar-refractivity contribution in [3.05, 3.63) is 11.6 Å². The summed E-state index contributed by atoms with van der Waals surface area (Å²) < 4.78 is 72.0. The molecule has 6 aliphatic heterocycles. The minimum atomic E-state index is -1.91. The zero-order valence-electron chi connectivity index (χ0n) is 55.4. The van der Waals surface area contributed by atoms with Crippen LogP contribution in [-0.4, -0.2) is 303 Å². The minimum Gasteiger partial charge on any atom is -0.432 e. The van der Waals surface area contributed by atoms with Gasteiger partial charge in [0.25, 0.3) is 0 Å². The number of rotatable bonds is 15. The lowest BCUT2D eigenvalue weighted by Gasteiger charge is -2.71. The predicted octanol–water partition coefficient (Wildman–Crippen LogP) is -3.69. The van der Waals surface area contributed by atoms with Crippen molar-refractivity contribution in [2.45, 2.75) is 311 Å². The molecule has 10 fully saturated rings. The van der Waals surface area contributed by atoms with E-state index < -0.39 is 226 Å². The van der Waals surface area contributed by atoms with E-state index in [1.165, 1.54) is 19.4 Å². The van der Waals surface area contributed by atoms with Gasteiger partial charge >= 0.3 is 5.97 Å². The molecular formula is C65H106O30. The molecule has 0 unspecified atom stereocenters. The molecule has 30 nitrogen and oxygen atoms in total. The average molecular weight is 1370 g/mol. The van der Waals surface area contributed by atoms with E-state index >= 15 is 4.79 Å². The smallest absolute Gasteiger partial charge is 0.315 e. The Bertz CT molecular complexity index is 2670. The van der Waals surface area contributed by atoms with Crippen LogP contribution < -0.4 is 0 Å². The maximum absolute atomic E-state index is 15.3. The van der Waals surface area contributed by atoms with Gasteiger partial charge in [0.15, 0.2) is 31.5 Å². The first kappa shape index (κ1) is 74.3. The zero-order valence-corrected chi connectivity index (χ0v) is 55.4. The van der Waals surface area contributed by atoms with Crippen LogP contribution in [-0.2, 0) is 61.6 Å². The van der Waals surface area contributed by atoms with Gasteiger partial charge in [-0.15, -0.1) is 0 Å². The number of ether oxygens (including phenoxy) is 12. The molecule has 0 aromatic heterocycles. The number of hydrogen-bond donors (Lipinski definition) is 17. The second-order valence-corrected chi connectivity index (χ2v) is 31.4. The summed E-state index contributed by atoms with van der Waals surface area (Å²) in [5.74, 6) is -0.696. The number of aliphatic hydroxyl groups excluding tert-OH is 17. The molecule has 0 radical (unpaired) electrons. The molecule has 0 spiro atoms. The van der Waals surface area contributed by atoms with Gasteiger partial charge in [-0.1, -0.05) is 60.1 Å². The number of fused-ring (bicyclic) bond motifs is 7. The maximum Gasteiger partial charge on any atom is 0.315 e. The maximum atomic E-state index is 15.3. The first-order valence-electron chi connectivity index (χ1n) is 34.0. The Balaban J connectivity index is 0.779. The molecule has 37 atom stereocenters. The van der Waals surface area contributed by atoms with Gasteiger partial charge in [-0.2, -0.15) is 0 Å². The molecular weight excluding hydrogens is 1260 g/mol. The lowest BCUT2D eigenvalue weighted by Crippen LogP contribution is -2.66. The van der Waals surface area contributed by atoms with Gasteiger partial charge in [0.05, 0.1) is 50.2 Å². The van der Waals surface area contributed by atoms with E-state index in [1.807, 2.05) is 0 Å². The first-order valence-corrected chi connectivity index (χ1v) is 34.0. The van der Waals surface area contributed by atoms with E-state index in [-0.39, 0.29) is 40.6 Å². The highest BCUT2D eigenvalue weighted by atomic mass is 16.8. The third kappa shape index (κ3) is 12.9. The molecule has 4 saturated carbocycles. The van der Waals surface area contributed by atoms with Crippen molar-refractivity contribution >= 4 is 5.97 Å². The summed E-state index contributed by atoms with van der Waals surface area (Å²) in [4.78, 5) is 15.3. The van der Waals surface area contributed by atoms with Crippen LogP contribution in [0.1, 0.15) is 127 Å². The Kier molecular flexibility index (Phi) is 21.7. The van der Waals surface area contributed by atoms with Gasteiger partial charge in [-0.25, -0.2) is 0 Å². The van der Waals surface area contributed by atoms with Crippen molar-refractivity contribution in [1.82, 2.24) is 0 Å². The van der Waals surface area contributed by atoms with E-state index in [4.69, 9.17) is 56.8 Å². The first-order chi connectivity index (χ1) is 44.5. The highest BCUT2D eigenvalue weighted by Gasteiger charge is 2.71. The molecule has 6 heterocycles. The molecule has 30 heteroatoms. The van der Waals surface area contributed by atoms with Crippen LogP contribution in [0.15, 0.2) is 11.6 Å². The van der Waals surface area contributed by atoms with Crippen molar-refractivity contribution in [1.29, 1.82) is 0 Å². The third-order valence-electron chi connectivity index (χ3n) is 25.2. The van der Waals surface area contributed by atoms with Crippen molar-refractivity contribution in [3.8, 4) is 0 Å². The van der Waals surface area contributed by atoms with Gasteiger partial charge in [-0.05, 0) is 123 Å². The normalized spacial score (nSPS) is 54.6. The van der Waals surface area contributed by atoms with E-state index in [0.717, 1.165) is 19.3 Å². The second-order valence-electron chi connectivity index (χ2n) is 31.4. The largest absolute Gasteiger partial charge is 0.432 e. The molecule has 17 N–H and O–H groups in total. The molecule has 0 amide bonds. The monoisotopic (exact) mass is 1370 g/mol. The summed E-state index contributed by atoms with van der Waals surface area (Å²) >= 11 is 0. The van der Waals surface area contributed by atoms with E-state index in [2.05, 4.69) is 54.5 Å². The number of esters is 1. The van der Waals surface area contributed by atoms with Crippen LogP contribution in [0, 0.1) is 50.2 Å². The Morgan fingerprint density at radius 2 is 1.02 bits per heavy atom. The average Bonchev–Trinajstić information content (AvgIpc) is 0.679. The third-order valence-corrected chi connectivity index (χ3v) is 25.2. The Morgan fingerprint density at radius 3 is 1.63 bits per heavy atom. The highest BCUT2D eigenvalue weighted by Crippen LogP contribution is 2.76. The molecule has 5 aliphatic carbocycles. The Morgan fingerprint density at radius 1 is 0.495 bits per heavy atom. The van der Waals surface area contributed by atoms with Crippen molar-refractivity contribution in [2.75, 3.05) is 26.4 Å². The topological polar surface area (TPSA) is 472 Å². The summed E-state index contributed by atoms with van der Waals surface area (Å²) in [6, 6.07) is 0. The van der Waals surface area contributed by atoms with Crippen LogP contribution in [0.3, 0.4) is 0 Å². The van der Waals surface area contributed by atoms with Crippen LogP contribution in [0.5, 0.6) is 0 Å². The molecule has 0 aromatic carbocycles. The predicted molar refractivity (Wildman–Crippen MR) is 319 cm³/mol. The lowest BCUT2D eigenvalue weighted by atomic mass is 9.33. The number of carbonyl (C=O) groups is 1. The van der Waals surface area contributed by atoms with E-state index in [1.54, 1.807) is 0 Å². The van der Waals surface area contributed by atoms with E-state index in [0.29, 0.717) is 44.9 Å². The quantitative estimate of drug-likeness (QED) is 0.0426. The second kappa shape index (κ2) is 27.7. The molecule has 95 heavy (non-hydrogen) atoms. The van der Waals surface area contributed by atoms with Crippen LogP contribution >= 0.6 is 0 Å². The fourth-order valence-electron chi connectivity index (χ4n) is 19.0. The Labute approximate surface area is 551 Å². The molecule has 0 aromatic rings. The fourth-order valence-corrected chi connectivity index (χ4v) is 19.0. The molecule has 546 valence electrons. The molecule has 0 bridgehead atoms. The number of aliphatic hydroxyl groups is 17. The van der Waals surface area contributed by atoms with Gasteiger partial charge in [0.1, 0.15) is 128 Å². The van der Waals surface area contributed by atoms with Crippen LogP contribution in [0.2, 0.25) is 0 Å². The fraction of sp³-hybridized carbons (Fsp3) is 0.954. The number of carbonyl (C=O) groups excluding carboxylic acids is 1. The summed E-state index contributed by atoms with van der Waals surface area (Å²) in [5.41, 5.74) is -1.58. The molecule has 11 aliphatic rings. The van der Waals surface area contributed by atoms with Gasteiger partial charge in [-0.3, -0.25) is 4.79 Å². The standard InChI is InChI=1S/C65H106O30/c1-25-36(68)41(73)46(78)54(86-25)93-51-30(22-67)89-53(50(82)45(51)77)84-23-31-39(71)44(76)49(81)57(90-31)95-59(83)65-18-16-60(3,4)20-28(65)27-10-11-34-62(7)14-13-35(61(5,6)33(62)12-15-64(34,9)63(27,8)17-19-65)92-58-52(94-55-47(79)42(74)37(69)26(2)87-55)40(72)32(24-85-58)91-56-48(80)43(75)38(70)29(21-66)88-56/h10,25-26,28-58,66-82H,11-24H2,1-9H3/t25-,26-,28-,29+,30+,31+,32-,33-,34+,35+,36-,37-,38+,39+,40-,41+,42+,43-,44-,45+,46+,47+,48+,49+,50+,51+,52+,53+,54-,55-,56-,57-,58-,62-,63+,64+,65-/m0/s1. The molecule has 11 rings (SSSR count). The Hall–Kier alpha value is -1.91. The summed E-state index contributed by atoms with van der Waals surface area (Å²) in [6.45, 7) is 16.2. The van der Waals surface area contributed by atoms with Gasteiger partial charge in [0, 0.05) is 0 Å². The summed E-state index contributed by atoms with van der Waals surface area (Å²) in [5, 5.41) is 184. The summed E-state index contributed by atoms with van der Waals surface area (Å²) in [6.07, 6.45) is -38.3. The van der Waals surface area contributed by atoms with Gasteiger partial charge in [0.2, 0.25) is 6.29 Å². The van der Waals surface area contributed by atoms with Crippen molar-refractivity contribution < 1.29 is 148 Å². The number of hydrogen-bond acceptors (Lipinski definition) is 30. The lowest BCUT2D eigenvalue weighted by molar-refractivity contribution is -0.380. The number of allylic oxidation sites excluding steroid dienone is 2. The van der Waals surface area contributed by atoms with Crippen molar-refractivity contribution in [3.63, 3.8) is 0 Å². The zero-order chi connectivity index (χ0) is 69.3. The van der Waals surface area contributed by atoms with Crippen LogP contribution in [0.25, 0.3) is 0 Å². The minimum absolute atomic E-state index is 0.0735. The van der Waals surface area contributed by atoms with Crippen LogP contribution in [0.4, 0.5) is 0 Å². The van der Waals surface area contributed by atoms with E-state index in [9.17, 15) is 86.8 Å². The SMILES string of the molecule is C[C@@H]1O[C@@H](O[C@H]2[C@H](O[C@@H]3CC[C@]4(C)[C@H]5CC=C6[C@@H]7CC(C)(C)CC[C@]7(C(=O)O[C@@H]7O[C@H](CO[C@@H]8O[C@H](CO)[C@@H](O[C@@H]9O[C@@H](C)[C@H](O)[C@@H](O)[C@H]9O)[C@H](O)[C@H]8O)[C@@H](O)[C@H](O)[C@H]7O)CC[C@@]6(C)[C@]5(C)CC[C@H]4C3(C)C)OC[C@H](O[C@@H]3O[C@H](CO)[C@@H](O)[C@H](O)[C@H]3O)[C@@H]2O)[C@H](O)[C@H](O)[C@H]1O. The van der Waals surface area contributed by atoms with Gasteiger partial charge < -0.3 is 144 Å².